The third-order valence-corrected chi connectivity index (χ3v) is 3.43. The van der Waals surface area contributed by atoms with Gasteiger partial charge in [0.2, 0.25) is 0 Å². The van der Waals surface area contributed by atoms with Crippen LogP contribution in [-0.4, -0.2) is 28.4 Å². The van der Waals surface area contributed by atoms with E-state index in [4.69, 9.17) is 0 Å². The zero-order valence-corrected chi connectivity index (χ0v) is 11.1. The van der Waals surface area contributed by atoms with Crippen molar-refractivity contribution in [3.8, 4) is 5.75 Å². The van der Waals surface area contributed by atoms with Crippen molar-refractivity contribution in [1.82, 2.24) is 4.90 Å². The fourth-order valence-corrected chi connectivity index (χ4v) is 2.27. The largest absolute Gasteiger partial charge is 0.508 e. The summed E-state index contributed by atoms with van der Waals surface area (Å²) in [7, 11) is 0. The van der Waals surface area contributed by atoms with E-state index in [0.717, 1.165) is 25.1 Å². The third-order valence-electron chi connectivity index (χ3n) is 3.43. The third kappa shape index (κ3) is 3.10. The van der Waals surface area contributed by atoms with Gasteiger partial charge < -0.3 is 5.11 Å². The maximum absolute atomic E-state index is 11.4. The fourth-order valence-electron chi connectivity index (χ4n) is 2.27. The molecule has 1 N–H and O–H groups in total. The molecule has 1 aromatic carbocycles. The monoisotopic (exact) mass is 247 g/mol. The molecule has 18 heavy (non-hydrogen) atoms. The average molecular weight is 247 g/mol. The van der Waals surface area contributed by atoms with Crippen LogP contribution in [0, 0.1) is 0 Å². The van der Waals surface area contributed by atoms with E-state index in [1.165, 1.54) is 12.8 Å². The number of carbonyl (C=O) groups excluding carboxylic acids is 1. The minimum absolute atomic E-state index is 0.0460. The van der Waals surface area contributed by atoms with Gasteiger partial charge in [0.1, 0.15) is 5.75 Å². The first-order chi connectivity index (χ1) is 8.61. The van der Waals surface area contributed by atoms with E-state index >= 15 is 0 Å². The summed E-state index contributed by atoms with van der Waals surface area (Å²) >= 11 is 0. The summed E-state index contributed by atoms with van der Waals surface area (Å²) in [5.41, 5.74) is 1.54. The Hall–Kier alpha value is -1.35. The van der Waals surface area contributed by atoms with Crippen LogP contribution in [0.4, 0.5) is 0 Å². The second-order valence-electron chi connectivity index (χ2n) is 5.10. The minimum Gasteiger partial charge on any atom is -0.508 e. The van der Waals surface area contributed by atoms with Crippen LogP contribution in [0.2, 0.25) is 0 Å². The molecule has 1 saturated carbocycles. The topological polar surface area (TPSA) is 40.5 Å². The number of Topliss-reactive ketones (excluding diaryl/α,β-unsaturated/α-hetero) is 1. The van der Waals surface area contributed by atoms with Gasteiger partial charge >= 0.3 is 0 Å². The van der Waals surface area contributed by atoms with E-state index in [0.29, 0.717) is 17.4 Å². The highest BCUT2D eigenvalue weighted by atomic mass is 16.3. The number of carbonyl (C=O) groups is 1. The summed E-state index contributed by atoms with van der Waals surface area (Å²) in [6.07, 6.45) is 3.63. The van der Waals surface area contributed by atoms with Crippen molar-refractivity contribution in [2.75, 3.05) is 6.54 Å². The van der Waals surface area contributed by atoms with Gasteiger partial charge in [0.15, 0.2) is 5.78 Å². The van der Waals surface area contributed by atoms with Crippen molar-refractivity contribution >= 4 is 5.78 Å². The van der Waals surface area contributed by atoms with Gasteiger partial charge in [0.25, 0.3) is 0 Å². The molecular formula is C15H21NO2. The lowest BCUT2D eigenvalue weighted by Gasteiger charge is -2.22. The maximum Gasteiger partial charge on any atom is 0.159 e. The Morgan fingerprint density at radius 3 is 2.72 bits per heavy atom. The average Bonchev–Trinajstić information content (AvgIpc) is 3.14. The highest BCUT2D eigenvalue weighted by Gasteiger charge is 2.28. The van der Waals surface area contributed by atoms with Crippen LogP contribution in [0.3, 0.4) is 0 Å². The number of phenolic OH excluding ortho intramolecular Hbond substituents is 1. The van der Waals surface area contributed by atoms with Crippen molar-refractivity contribution in [3.05, 3.63) is 29.3 Å². The van der Waals surface area contributed by atoms with Gasteiger partial charge in [-0.15, -0.1) is 0 Å². The molecule has 0 atom stereocenters. The summed E-state index contributed by atoms with van der Waals surface area (Å²) in [5, 5.41) is 9.90. The van der Waals surface area contributed by atoms with E-state index in [1.807, 2.05) is 6.07 Å². The van der Waals surface area contributed by atoms with E-state index < -0.39 is 0 Å². The smallest absolute Gasteiger partial charge is 0.159 e. The molecule has 0 radical (unpaired) electrons. The van der Waals surface area contributed by atoms with Crippen molar-refractivity contribution in [2.24, 2.45) is 0 Å². The standard InChI is InChI=1S/C15H21NO2/c1-3-8-16(14-5-6-14)10-13-9-12(11(2)17)4-7-15(13)18/h4,7,9,14,18H,3,5-6,8,10H2,1-2H3. The molecule has 3 heteroatoms. The fraction of sp³-hybridized carbons (Fsp3) is 0.533. The van der Waals surface area contributed by atoms with Gasteiger partial charge in [0, 0.05) is 23.7 Å². The van der Waals surface area contributed by atoms with Crippen molar-refractivity contribution < 1.29 is 9.90 Å². The van der Waals surface area contributed by atoms with Crippen LogP contribution in [0.1, 0.15) is 49.0 Å². The number of hydrogen-bond donors (Lipinski definition) is 1. The molecule has 2 rings (SSSR count). The molecule has 0 saturated heterocycles. The van der Waals surface area contributed by atoms with Crippen LogP contribution < -0.4 is 0 Å². The normalized spacial score (nSPS) is 15.1. The highest BCUT2D eigenvalue weighted by Crippen LogP contribution is 2.30. The van der Waals surface area contributed by atoms with E-state index in [9.17, 15) is 9.90 Å². The summed E-state index contributed by atoms with van der Waals surface area (Å²) in [5.74, 6) is 0.339. The number of phenols is 1. The van der Waals surface area contributed by atoms with Crippen LogP contribution in [0.15, 0.2) is 18.2 Å². The Morgan fingerprint density at radius 1 is 1.44 bits per heavy atom. The molecule has 0 heterocycles. The SMILES string of the molecule is CCCN(Cc1cc(C(C)=O)ccc1O)C1CC1. The molecule has 0 aromatic heterocycles. The second-order valence-corrected chi connectivity index (χ2v) is 5.10. The van der Waals surface area contributed by atoms with E-state index in [2.05, 4.69) is 11.8 Å². The Labute approximate surface area is 108 Å². The molecule has 0 bridgehead atoms. The first kappa shape index (κ1) is 13.1. The number of benzene rings is 1. The molecule has 1 aliphatic carbocycles. The van der Waals surface area contributed by atoms with Crippen molar-refractivity contribution in [2.45, 2.75) is 45.7 Å². The summed E-state index contributed by atoms with van der Waals surface area (Å²) in [4.78, 5) is 13.8. The lowest BCUT2D eigenvalue weighted by Crippen LogP contribution is -2.26. The van der Waals surface area contributed by atoms with Gasteiger partial charge in [-0.25, -0.2) is 0 Å². The molecule has 0 spiro atoms. The van der Waals surface area contributed by atoms with Gasteiger partial charge in [-0.1, -0.05) is 6.92 Å². The van der Waals surface area contributed by atoms with Crippen LogP contribution in [0.25, 0.3) is 0 Å². The van der Waals surface area contributed by atoms with Crippen molar-refractivity contribution in [1.29, 1.82) is 0 Å². The van der Waals surface area contributed by atoms with Crippen LogP contribution in [-0.2, 0) is 6.54 Å². The van der Waals surface area contributed by atoms with Gasteiger partial charge in [0.05, 0.1) is 0 Å². The Bertz CT molecular complexity index is 438. The lowest BCUT2D eigenvalue weighted by atomic mass is 10.1. The zero-order chi connectivity index (χ0) is 13.1. The maximum atomic E-state index is 11.4. The number of rotatable bonds is 6. The zero-order valence-electron chi connectivity index (χ0n) is 11.1. The van der Waals surface area contributed by atoms with E-state index in [-0.39, 0.29) is 5.78 Å². The minimum atomic E-state index is 0.0460. The molecule has 1 aliphatic rings. The predicted molar refractivity (Wildman–Crippen MR) is 71.8 cm³/mol. The summed E-state index contributed by atoms with van der Waals surface area (Å²) in [6, 6.07) is 5.80. The number of hydrogen-bond acceptors (Lipinski definition) is 3. The van der Waals surface area contributed by atoms with Gasteiger partial charge in [-0.3, -0.25) is 9.69 Å². The van der Waals surface area contributed by atoms with Crippen LogP contribution in [0.5, 0.6) is 5.75 Å². The summed E-state index contributed by atoms with van der Waals surface area (Å²) in [6.45, 7) is 5.52. The summed E-state index contributed by atoms with van der Waals surface area (Å²) < 4.78 is 0. The quantitative estimate of drug-likeness (QED) is 0.786. The molecular weight excluding hydrogens is 226 g/mol. The lowest BCUT2D eigenvalue weighted by molar-refractivity contribution is 0.101. The van der Waals surface area contributed by atoms with Gasteiger partial charge in [-0.05, 0) is 50.9 Å². The van der Waals surface area contributed by atoms with E-state index in [1.54, 1.807) is 19.1 Å². The molecule has 0 unspecified atom stereocenters. The first-order valence-corrected chi connectivity index (χ1v) is 6.68. The molecule has 0 amide bonds. The predicted octanol–water partition coefficient (Wildman–Crippen LogP) is 2.97. The Balaban J connectivity index is 2.15. The van der Waals surface area contributed by atoms with Gasteiger partial charge in [-0.2, -0.15) is 0 Å². The molecule has 0 aliphatic heterocycles. The Kier molecular flexibility index (Phi) is 4.02. The molecule has 98 valence electrons. The second kappa shape index (κ2) is 5.53. The highest BCUT2D eigenvalue weighted by molar-refractivity contribution is 5.94. The molecule has 3 nitrogen and oxygen atoms in total. The first-order valence-electron chi connectivity index (χ1n) is 6.68. The van der Waals surface area contributed by atoms with Crippen molar-refractivity contribution in [3.63, 3.8) is 0 Å². The van der Waals surface area contributed by atoms with Crippen LogP contribution >= 0.6 is 0 Å². The molecule has 1 fully saturated rings. The number of ketones is 1. The Morgan fingerprint density at radius 2 is 2.17 bits per heavy atom. The molecule has 1 aromatic rings. The number of nitrogens with zero attached hydrogens (tertiary/aromatic N) is 1. The number of aromatic hydroxyl groups is 1.